The monoisotopic (exact) mass is 262 g/mol. The summed E-state index contributed by atoms with van der Waals surface area (Å²) in [7, 11) is 0. The number of hydrogen-bond acceptors (Lipinski definition) is 3. The summed E-state index contributed by atoms with van der Waals surface area (Å²) in [4.78, 5) is 10.5. The van der Waals surface area contributed by atoms with E-state index in [0.717, 1.165) is 24.0 Å². The lowest BCUT2D eigenvalue weighted by Crippen LogP contribution is -2.02. The first kappa shape index (κ1) is 13.5. The molecule has 1 aromatic carbocycles. The van der Waals surface area contributed by atoms with E-state index in [1.807, 2.05) is 19.1 Å². The van der Waals surface area contributed by atoms with Crippen LogP contribution in [0.1, 0.15) is 25.3 Å². The normalized spacial score (nSPS) is 14.6. The Morgan fingerprint density at radius 1 is 1.37 bits per heavy atom. The number of carboxylic acid groups (broad SMARTS) is 1. The minimum atomic E-state index is -0.966. The standard InChI is InChI=1S/C15H18O4/c1-2-18-14-9-11(6-8-15(16)17)5-7-13(14)19-10-12-3-4-12/h5-9,12H,2-4,10H2,1H3,(H,16,17)/b8-6+. The van der Waals surface area contributed by atoms with Crippen molar-refractivity contribution < 1.29 is 19.4 Å². The third-order valence-electron chi connectivity index (χ3n) is 2.86. The Balaban J connectivity index is 2.10. The van der Waals surface area contributed by atoms with Gasteiger partial charge in [0, 0.05) is 6.08 Å². The molecule has 2 rings (SSSR count). The van der Waals surface area contributed by atoms with Crippen LogP contribution >= 0.6 is 0 Å². The predicted octanol–water partition coefficient (Wildman–Crippen LogP) is 2.97. The first-order valence-corrected chi connectivity index (χ1v) is 6.49. The molecule has 0 amide bonds. The van der Waals surface area contributed by atoms with E-state index in [1.54, 1.807) is 6.07 Å². The molecule has 0 spiro atoms. The van der Waals surface area contributed by atoms with Gasteiger partial charge in [-0.1, -0.05) is 6.07 Å². The smallest absolute Gasteiger partial charge is 0.328 e. The molecule has 0 unspecified atom stereocenters. The minimum absolute atomic E-state index is 0.548. The zero-order chi connectivity index (χ0) is 13.7. The molecule has 0 radical (unpaired) electrons. The average Bonchev–Trinajstić information content (AvgIpc) is 3.19. The van der Waals surface area contributed by atoms with Crippen LogP contribution in [0.25, 0.3) is 6.08 Å². The Hall–Kier alpha value is -1.97. The fourth-order valence-corrected chi connectivity index (χ4v) is 1.68. The van der Waals surface area contributed by atoms with E-state index in [2.05, 4.69) is 0 Å². The molecular formula is C15H18O4. The molecule has 0 aliphatic heterocycles. The van der Waals surface area contributed by atoms with Crippen molar-refractivity contribution >= 4 is 12.0 Å². The second-order valence-corrected chi connectivity index (χ2v) is 4.57. The molecule has 0 aromatic heterocycles. The molecule has 4 heteroatoms. The van der Waals surface area contributed by atoms with Crippen molar-refractivity contribution in [1.29, 1.82) is 0 Å². The summed E-state index contributed by atoms with van der Waals surface area (Å²) in [5.74, 6) is 1.10. The topological polar surface area (TPSA) is 55.8 Å². The van der Waals surface area contributed by atoms with Crippen LogP contribution in [0.15, 0.2) is 24.3 Å². The zero-order valence-corrected chi connectivity index (χ0v) is 11.0. The van der Waals surface area contributed by atoms with Gasteiger partial charge in [0.25, 0.3) is 0 Å². The molecule has 0 heterocycles. The van der Waals surface area contributed by atoms with Crippen LogP contribution in [0.2, 0.25) is 0 Å². The zero-order valence-electron chi connectivity index (χ0n) is 11.0. The highest BCUT2D eigenvalue weighted by Gasteiger charge is 2.22. The SMILES string of the molecule is CCOc1cc(/C=C/C(=O)O)ccc1OCC1CC1. The van der Waals surface area contributed by atoms with Crippen molar-refractivity contribution in [3.05, 3.63) is 29.8 Å². The van der Waals surface area contributed by atoms with Gasteiger partial charge < -0.3 is 14.6 Å². The lowest BCUT2D eigenvalue weighted by atomic mass is 10.2. The van der Waals surface area contributed by atoms with Gasteiger partial charge in [0.05, 0.1) is 13.2 Å². The quantitative estimate of drug-likeness (QED) is 0.767. The number of carboxylic acids is 1. The van der Waals surface area contributed by atoms with Crippen LogP contribution in [-0.4, -0.2) is 24.3 Å². The van der Waals surface area contributed by atoms with Crippen LogP contribution in [0.3, 0.4) is 0 Å². The summed E-state index contributed by atoms with van der Waals surface area (Å²) in [6.45, 7) is 3.18. The molecule has 0 bridgehead atoms. The minimum Gasteiger partial charge on any atom is -0.490 e. The van der Waals surface area contributed by atoms with Crippen molar-refractivity contribution in [1.82, 2.24) is 0 Å². The number of aliphatic carboxylic acids is 1. The Morgan fingerprint density at radius 3 is 2.79 bits per heavy atom. The van der Waals surface area contributed by atoms with Gasteiger partial charge >= 0.3 is 5.97 Å². The molecule has 1 saturated carbocycles. The van der Waals surface area contributed by atoms with Crippen molar-refractivity contribution in [2.75, 3.05) is 13.2 Å². The summed E-state index contributed by atoms with van der Waals surface area (Å²) in [5.41, 5.74) is 0.782. The van der Waals surface area contributed by atoms with Gasteiger partial charge in [0.1, 0.15) is 0 Å². The second-order valence-electron chi connectivity index (χ2n) is 4.57. The Kier molecular flexibility index (Phi) is 4.44. The Morgan fingerprint density at radius 2 is 2.16 bits per heavy atom. The first-order chi connectivity index (χ1) is 9.19. The maximum atomic E-state index is 10.5. The van der Waals surface area contributed by atoms with Crippen LogP contribution < -0.4 is 9.47 Å². The van der Waals surface area contributed by atoms with Gasteiger partial charge in [0.15, 0.2) is 11.5 Å². The van der Waals surface area contributed by atoms with Crippen molar-refractivity contribution in [3.8, 4) is 11.5 Å². The van der Waals surface area contributed by atoms with Crippen LogP contribution in [0.5, 0.6) is 11.5 Å². The average molecular weight is 262 g/mol. The molecule has 1 aliphatic carbocycles. The van der Waals surface area contributed by atoms with Crippen LogP contribution in [0.4, 0.5) is 0 Å². The third kappa shape index (κ3) is 4.32. The van der Waals surface area contributed by atoms with Crippen molar-refractivity contribution in [3.63, 3.8) is 0 Å². The van der Waals surface area contributed by atoms with Crippen LogP contribution in [-0.2, 0) is 4.79 Å². The highest BCUT2D eigenvalue weighted by atomic mass is 16.5. The summed E-state index contributed by atoms with van der Waals surface area (Å²) < 4.78 is 11.3. The number of carbonyl (C=O) groups is 1. The number of hydrogen-bond donors (Lipinski definition) is 1. The highest BCUT2D eigenvalue weighted by Crippen LogP contribution is 2.33. The lowest BCUT2D eigenvalue weighted by Gasteiger charge is -2.12. The van der Waals surface area contributed by atoms with Crippen LogP contribution in [0, 0.1) is 5.92 Å². The molecule has 102 valence electrons. The second kappa shape index (κ2) is 6.27. The largest absolute Gasteiger partial charge is 0.490 e. The fourth-order valence-electron chi connectivity index (χ4n) is 1.68. The summed E-state index contributed by atoms with van der Waals surface area (Å²) in [6, 6.07) is 5.45. The van der Waals surface area contributed by atoms with E-state index in [1.165, 1.54) is 18.9 Å². The van der Waals surface area contributed by atoms with Crippen molar-refractivity contribution in [2.24, 2.45) is 5.92 Å². The number of rotatable bonds is 7. The van der Waals surface area contributed by atoms with Gasteiger partial charge in [-0.15, -0.1) is 0 Å². The van der Waals surface area contributed by atoms with Crippen molar-refractivity contribution in [2.45, 2.75) is 19.8 Å². The Labute approximate surface area is 112 Å². The Bertz CT molecular complexity index is 475. The molecule has 0 atom stereocenters. The molecule has 1 N–H and O–H groups in total. The van der Waals surface area contributed by atoms with E-state index < -0.39 is 5.97 Å². The van der Waals surface area contributed by atoms with Gasteiger partial charge in [-0.3, -0.25) is 0 Å². The fraction of sp³-hybridized carbons (Fsp3) is 0.400. The first-order valence-electron chi connectivity index (χ1n) is 6.49. The molecular weight excluding hydrogens is 244 g/mol. The lowest BCUT2D eigenvalue weighted by molar-refractivity contribution is -0.131. The molecule has 0 saturated heterocycles. The maximum absolute atomic E-state index is 10.5. The molecule has 19 heavy (non-hydrogen) atoms. The number of ether oxygens (including phenoxy) is 2. The predicted molar refractivity (Wildman–Crippen MR) is 72.5 cm³/mol. The van der Waals surface area contributed by atoms with Gasteiger partial charge in [-0.25, -0.2) is 4.79 Å². The number of benzene rings is 1. The van der Waals surface area contributed by atoms with E-state index >= 15 is 0 Å². The maximum Gasteiger partial charge on any atom is 0.328 e. The van der Waals surface area contributed by atoms with E-state index in [9.17, 15) is 4.79 Å². The molecule has 1 aromatic rings. The molecule has 1 fully saturated rings. The van der Waals surface area contributed by atoms with Gasteiger partial charge in [-0.2, -0.15) is 0 Å². The summed E-state index contributed by atoms with van der Waals surface area (Å²) in [5, 5.41) is 8.61. The van der Waals surface area contributed by atoms with E-state index in [0.29, 0.717) is 18.3 Å². The summed E-state index contributed by atoms with van der Waals surface area (Å²) >= 11 is 0. The third-order valence-corrected chi connectivity index (χ3v) is 2.86. The van der Waals surface area contributed by atoms with Gasteiger partial charge in [-0.05, 0) is 49.5 Å². The molecule has 1 aliphatic rings. The van der Waals surface area contributed by atoms with Gasteiger partial charge in [0.2, 0.25) is 0 Å². The van der Waals surface area contributed by atoms with E-state index in [4.69, 9.17) is 14.6 Å². The molecule has 4 nitrogen and oxygen atoms in total. The van der Waals surface area contributed by atoms with E-state index in [-0.39, 0.29) is 0 Å². The summed E-state index contributed by atoms with van der Waals surface area (Å²) in [6.07, 6.45) is 5.12. The highest BCUT2D eigenvalue weighted by molar-refractivity contribution is 5.85.